The van der Waals surface area contributed by atoms with E-state index in [2.05, 4.69) is 5.32 Å². The van der Waals surface area contributed by atoms with Crippen LogP contribution in [0.5, 0.6) is 0 Å². The fraction of sp³-hybridized carbons (Fsp3) is 0.286. The third-order valence-electron chi connectivity index (χ3n) is 4.77. The van der Waals surface area contributed by atoms with Crippen LogP contribution in [0.1, 0.15) is 11.1 Å². The molecule has 2 atom stereocenters. The molecule has 29 heavy (non-hydrogen) atoms. The van der Waals surface area contributed by atoms with E-state index >= 15 is 0 Å². The first kappa shape index (κ1) is 20.5. The van der Waals surface area contributed by atoms with Gasteiger partial charge in [-0.25, -0.2) is 9.86 Å². The number of nitrogens with zero attached hydrogens (tertiary/aromatic N) is 1. The number of carbonyl (C=O) groups is 3. The predicted molar refractivity (Wildman–Crippen MR) is 104 cm³/mol. The van der Waals surface area contributed by atoms with Gasteiger partial charge in [0.25, 0.3) is 5.91 Å². The highest BCUT2D eigenvalue weighted by Gasteiger charge is 2.57. The Labute approximate surface area is 168 Å². The third-order valence-corrected chi connectivity index (χ3v) is 4.77. The Morgan fingerprint density at radius 1 is 1.10 bits per heavy atom. The molecular formula is C21H23N3O5. The maximum atomic E-state index is 13.0. The molecular weight excluding hydrogens is 374 g/mol. The van der Waals surface area contributed by atoms with Crippen LogP contribution in [0.25, 0.3) is 0 Å². The zero-order valence-corrected chi connectivity index (χ0v) is 16.0. The maximum absolute atomic E-state index is 13.0. The topological polar surface area (TPSA) is 111 Å². The van der Waals surface area contributed by atoms with Gasteiger partial charge >= 0.3 is 6.09 Å². The first-order valence-electron chi connectivity index (χ1n) is 9.14. The number of β-lactam (4-membered cyclic amide) rings is 1. The smallest absolute Gasteiger partial charge is 0.408 e. The zero-order chi connectivity index (χ0) is 20.9. The van der Waals surface area contributed by atoms with E-state index in [1.54, 1.807) is 0 Å². The van der Waals surface area contributed by atoms with Crippen LogP contribution in [-0.4, -0.2) is 48.1 Å². The molecule has 8 heteroatoms. The van der Waals surface area contributed by atoms with Gasteiger partial charge in [-0.3, -0.25) is 14.4 Å². The van der Waals surface area contributed by atoms with Crippen molar-refractivity contribution in [3.8, 4) is 0 Å². The standard InChI is InChI=1S/C21H23N3O5/c1-28-24-14-21(22,19(24)26)18(25)17(12-15-8-4-2-5-9-15)23-20(27)29-13-16-10-6-3-7-11-16/h2-11,17H,12-14,22H2,1H3,(H,23,27)/t17-,21-/m0/s1. The van der Waals surface area contributed by atoms with Gasteiger partial charge in [-0.1, -0.05) is 60.7 Å². The van der Waals surface area contributed by atoms with Crippen LogP contribution in [0.2, 0.25) is 0 Å². The van der Waals surface area contributed by atoms with E-state index in [-0.39, 0.29) is 19.6 Å². The number of hydrogen-bond donors (Lipinski definition) is 2. The van der Waals surface area contributed by atoms with E-state index in [1.807, 2.05) is 60.7 Å². The summed E-state index contributed by atoms with van der Waals surface area (Å²) in [6.07, 6.45) is -0.582. The molecule has 0 aliphatic carbocycles. The molecule has 0 bridgehead atoms. The van der Waals surface area contributed by atoms with Crippen molar-refractivity contribution in [3.05, 3.63) is 71.8 Å². The fourth-order valence-electron chi connectivity index (χ4n) is 3.11. The third kappa shape index (κ3) is 4.61. The number of benzene rings is 2. The molecule has 0 aromatic heterocycles. The molecule has 1 heterocycles. The molecule has 8 nitrogen and oxygen atoms in total. The minimum atomic E-state index is -1.73. The Hall–Kier alpha value is -3.23. The highest BCUT2D eigenvalue weighted by Crippen LogP contribution is 2.23. The predicted octanol–water partition coefficient (Wildman–Crippen LogP) is 1.19. The Balaban J connectivity index is 1.70. The van der Waals surface area contributed by atoms with E-state index in [4.69, 9.17) is 15.3 Å². The van der Waals surface area contributed by atoms with Crippen molar-refractivity contribution >= 4 is 17.8 Å². The lowest BCUT2D eigenvalue weighted by atomic mass is 9.81. The fourth-order valence-corrected chi connectivity index (χ4v) is 3.11. The van der Waals surface area contributed by atoms with Crippen LogP contribution < -0.4 is 11.1 Å². The first-order chi connectivity index (χ1) is 13.9. The lowest BCUT2D eigenvalue weighted by Gasteiger charge is -2.44. The molecule has 1 saturated heterocycles. The molecule has 0 radical (unpaired) electrons. The number of nitrogens with one attached hydrogen (secondary N) is 1. The van der Waals surface area contributed by atoms with Gasteiger partial charge in [0.05, 0.1) is 19.7 Å². The maximum Gasteiger partial charge on any atom is 0.408 e. The van der Waals surface area contributed by atoms with E-state index in [9.17, 15) is 14.4 Å². The number of rotatable bonds is 8. The second-order valence-corrected chi connectivity index (χ2v) is 6.81. The van der Waals surface area contributed by atoms with Gasteiger partial charge in [-0.2, -0.15) is 0 Å². The molecule has 2 aromatic carbocycles. The second kappa shape index (κ2) is 8.85. The SMILES string of the molecule is CON1C[C@](N)(C(=O)[C@H](Cc2ccccc2)NC(=O)OCc2ccccc2)C1=O. The number of ether oxygens (including phenoxy) is 1. The summed E-state index contributed by atoms with van der Waals surface area (Å²) in [4.78, 5) is 42.4. The largest absolute Gasteiger partial charge is 0.445 e. The number of amides is 2. The number of alkyl carbamates (subject to hydrolysis) is 1. The molecule has 152 valence electrons. The lowest BCUT2D eigenvalue weighted by Crippen LogP contribution is -2.77. The Morgan fingerprint density at radius 2 is 1.69 bits per heavy atom. The number of ketones is 1. The van der Waals surface area contributed by atoms with Crippen molar-refractivity contribution in [2.45, 2.75) is 24.6 Å². The first-order valence-corrected chi connectivity index (χ1v) is 9.14. The quantitative estimate of drug-likeness (QED) is 0.511. The molecule has 2 amide bonds. The average Bonchev–Trinajstić information content (AvgIpc) is 2.76. The van der Waals surface area contributed by atoms with Crippen LogP contribution in [0, 0.1) is 0 Å². The van der Waals surface area contributed by atoms with Crippen molar-refractivity contribution in [3.63, 3.8) is 0 Å². The van der Waals surface area contributed by atoms with Crippen LogP contribution in [0.15, 0.2) is 60.7 Å². The van der Waals surface area contributed by atoms with Gasteiger partial charge in [0.2, 0.25) is 0 Å². The van der Waals surface area contributed by atoms with E-state index < -0.39 is 29.4 Å². The Bertz CT molecular complexity index is 874. The molecule has 0 unspecified atom stereocenters. The number of hydrogen-bond acceptors (Lipinski definition) is 6. The summed E-state index contributed by atoms with van der Waals surface area (Å²) in [6.45, 7) is -0.0176. The summed E-state index contributed by atoms with van der Waals surface area (Å²) in [5.74, 6) is -1.22. The summed E-state index contributed by atoms with van der Waals surface area (Å²) in [6, 6.07) is 17.3. The minimum absolute atomic E-state index is 0.0586. The molecule has 0 saturated carbocycles. The number of hydroxylamine groups is 2. The summed E-state index contributed by atoms with van der Waals surface area (Å²) >= 11 is 0. The summed E-state index contributed by atoms with van der Waals surface area (Å²) in [5, 5.41) is 3.57. The number of carbonyl (C=O) groups excluding carboxylic acids is 3. The minimum Gasteiger partial charge on any atom is -0.445 e. The van der Waals surface area contributed by atoms with Gasteiger partial charge in [0.15, 0.2) is 11.3 Å². The monoisotopic (exact) mass is 397 g/mol. The van der Waals surface area contributed by atoms with Crippen molar-refractivity contribution in [1.29, 1.82) is 0 Å². The van der Waals surface area contributed by atoms with Crippen LogP contribution in [0.4, 0.5) is 4.79 Å². The average molecular weight is 397 g/mol. The highest BCUT2D eigenvalue weighted by molar-refractivity contribution is 6.16. The molecule has 3 N–H and O–H groups in total. The normalized spacial score (nSPS) is 19.2. The van der Waals surface area contributed by atoms with Crippen molar-refractivity contribution in [2.75, 3.05) is 13.7 Å². The Morgan fingerprint density at radius 3 is 2.24 bits per heavy atom. The summed E-state index contributed by atoms with van der Waals surface area (Å²) < 4.78 is 5.22. The summed E-state index contributed by atoms with van der Waals surface area (Å²) in [5.41, 5.74) is 5.93. The van der Waals surface area contributed by atoms with Gasteiger partial charge in [0, 0.05) is 0 Å². The highest BCUT2D eigenvalue weighted by atomic mass is 16.7. The lowest BCUT2D eigenvalue weighted by molar-refractivity contribution is -0.212. The number of Topliss-reactive ketones (excluding diaryl/α,β-unsaturated/α-hetero) is 1. The van der Waals surface area contributed by atoms with Gasteiger partial charge < -0.3 is 15.8 Å². The van der Waals surface area contributed by atoms with Gasteiger partial charge in [-0.05, 0) is 17.5 Å². The van der Waals surface area contributed by atoms with Crippen molar-refractivity contribution in [2.24, 2.45) is 5.73 Å². The molecule has 0 spiro atoms. The molecule has 1 aliphatic rings. The van der Waals surface area contributed by atoms with E-state index in [0.29, 0.717) is 0 Å². The second-order valence-electron chi connectivity index (χ2n) is 6.81. The van der Waals surface area contributed by atoms with Crippen molar-refractivity contribution in [1.82, 2.24) is 10.4 Å². The molecule has 1 aliphatic heterocycles. The zero-order valence-electron chi connectivity index (χ0n) is 16.0. The van der Waals surface area contributed by atoms with Crippen molar-refractivity contribution < 1.29 is 24.0 Å². The molecule has 2 aromatic rings. The summed E-state index contributed by atoms with van der Waals surface area (Å²) in [7, 11) is 1.32. The van der Waals surface area contributed by atoms with Crippen LogP contribution in [0.3, 0.4) is 0 Å². The van der Waals surface area contributed by atoms with Crippen LogP contribution in [-0.2, 0) is 32.2 Å². The van der Waals surface area contributed by atoms with Gasteiger partial charge in [0.1, 0.15) is 6.61 Å². The molecule has 1 fully saturated rings. The van der Waals surface area contributed by atoms with E-state index in [1.165, 1.54) is 7.11 Å². The van der Waals surface area contributed by atoms with Gasteiger partial charge in [-0.15, -0.1) is 0 Å². The molecule has 3 rings (SSSR count). The van der Waals surface area contributed by atoms with E-state index in [0.717, 1.165) is 16.2 Å². The number of nitrogens with two attached hydrogens (primary N) is 1. The van der Waals surface area contributed by atoms with Crippen LogP contribution >= 0.6 is 0 Å². The Kier molecular flexibility index (Phi) is 6.26.